The van der Waals surface area contributed by atoms with E-state index in [0.717, 1.165) is 25.2 Å². The first kappa shape index (κ1) is 16.3. The van der Waals surface area contributed by atoms with Crippen LogP contribution in [0.25, 0.3) is 5.65 Å². The van der Waals surface area contributed by atoms with Gasteiger partial charge in [-0.05, 0) is 37.1 Å². The predicted molar refractivity (Wildman–Crippen MR) is 97.3 cm³/mol. The van der Waals surface area contributed by atoms with Crippen molar-refractivity contribution in [2.75, 3.05) is 30.4 Å². The maximum Gasteiger partial charge on any atom is 0.229 e. The summed E-state index contributed by atoms with van der Waals surface area (Å²) in [6, 6.07) is 11.2. The number of para-hydroxylation sites is 2. The summed E-state index contributed by atoms with van der Waals surface area (Å²) in [5.74, 6) is 1.39. The van der Waals surface area contributed by atoms with Crippen molar-refractivity contribution in [3.8, 4) is 5.75 Å². The number of rotatable bonds is 4. The maximum atomic E-state index is 12.7. The molecule has 2 aromatic heterocycles. The Kier molecular flexibility index (Phi) is 4.39. The van der Waals surface area contributed by atoms with E-state index in [1.807, 2.05) is 36.4 Å². The van der Waals surface area contributed by atoms with Gasteiger partial charge in [-0.2, -0.15) is 4.52 Å². The van der Waals surface area contributed by atoms with Crippen molar-refractivity contribution in [2.45, 2.75) is 12.8 Å². The summed E-state index contributed by atoms with van der Waals surface area (Å²) >= 11 is 0. The van der Waals surface area contributed by atoms with Crippen LogP contribution < -0.4 is 15.0 Å². The molecule has 1 atom stereocenters. The number of carbonyl (C=O) groups is 1. The van der Waals surface area contributed by atoms with Gasteiger partial charge in [0.25, 0.3) is 0 Å². The van der Waals surface area contributed by atoms with E-state index in [2.05, 4.69) is 25.5 Å². The standard InChI is InChI=1S/C18H20N6O2/c1-26-15-7-3-2-6-14(15)20-18(25)13-5-4-10-23(11-13)17-9-8-16-21-19-12-24(16)22-17/h2-3,6-9,12-13H,4-5,10-11H2,1H3,(H,20,25)/t13-/m1/s1. The number of piperidine rings is 1. The van der Waals surface area contributed by atoms with Crippen molar-refractivity contribution >= 4 is 23.1 Å². The van der Waals surface area contributed by atoms with Gasteiger partial charge in [-0.15, -0.1) is 15.3 Å². The summed E-state index contributed by atoms with van der Waals surface area (Å²) in [6.45, 7) is 1.50. The highest BCUT2D eigenvalue weighted by atomic mass is 16.5. The SMILES string of the molecule is COc1ccccc1NC(=O)[C@@H]1CCCN(c2ccc3nncn3n2)C1. The molecular weight excluding hydrogens is 332 g/mol. The number of methoxy groups -OCH3 is 1. The lowest BCUT2D eigenvalue weighted by atomic mass is 9.97. The van der Waals surface area contributed by atoms with Crippen LogP contribution in [0.15, 0.2) is 42.7 Å². The Morgan fingerprint density at radius 3 is 3.04 bits per heavy atom. The van der Waals surface area contributed by atoms with Crippen LogP contribution in [0.4, 0.5) is 11.5 Å². The Balaban J connectivity index is 1.48. The van der Waals surface area contributed by atoms with Gasteiger partial charge >= 0.3 is 0 Å². The topological polar surface area (TPSA) is 84.6 Å². The van der Waals surface area contributed by atoms with E-state index in [4.69, 9.17) is 4.74 Å². The molecule has 3 heterocycles. The Morgan fingerprint density at radius 2 is 2.15 bits per heavy atom. The molecule has 3 aromatic rings. The molecule has 1 aliphatic heterocycles. The quantitative estimate of drug-likeness (QED) is 0.773. The third-order valence-electron chi connectivity index (χ3n) is 4.63. The van der Waals surface area contributed by atoms with E-state index in [9.17, 15) is 4.79 Å². The normalized spacial score (nSPS) is 17.3. The lowest BCUT2D eigenvalue weighted by molar-refractivity contribution is -0.120. The second-order valence-electron chi connectivity index (χ2n) is 6.30. The van der Waals surface area contributed by atoms with Crippen molar-refractivity contribution in [3.05, 3.63) is 42.7 Å². The minimum Gasteiger partial charge on any atom is -0.495 e. The highest BCUT2D eigenvalue weighted by Gasteiger charge is 2.27. The van der Waals surface area contributed by atoms with Crippen LogP contribution in [-0.2, 0) is 4.79 Å². The fraction of sp³-hybridized carbons (Fsp3) is 0.333. The van der Waals surface area contributed by atoms with E-state index >= 15 is 0 Å². The van der Waals surface area contributed by atoms with Gasteiger partial charge in [0.15, 0.2) is 5.65 Å². The van der Waals surface area contributed by atoms with E-state index in [1.54, 1.807) is 18.0 Å². The Bertz CT molecular complexity index is 925. The van der Waals surface area contributed by atoms with Gasteiger partial charge in [-0.3, -0.25) is 4.79 Å². The zero-order valence-electron chi connectivity index (χ0n) is 14.5. The number of ether oxygens (including phenoxy) is 1. The van der Waals surface area contributed by atoms with E-state index in [0.29, 0.717) is 23.6 Å². The molecule has 134 valence electrons. The zero-order valence-corrected chi connectivity index (χ0v) is 14.5. The molecule has 0 unspecified atom stereocenters. The molecule has 1 amide bonds. The minimum atomic E-state index is -0.105. The highest BCUT2D eigenvalue weighted by Crippen LogP contribution is 2.26. The number of fused-ring (bicyclic) bond motifs is 1. The molecule has 0 radical (unpaired) electrons. The first-order valence-corrected chi connectivity index (χ1v) is 8.60. The second-order valence-corrected chi connectivity index (χ2v) is 6.30. The number of hydrogen-bond donors (Lipinski definition) is 1. The van der Waals surface area contributed by atoms with Crippen molar-refractivity contribution in [1.29, 1.82) is 0 Å². The van der Waals surface area contributed by atoms with Gasteiger partial charge < -0.3 is 15.0 Å². The molecule has 0 aliphatic carbocycles. The average Bonchev–Trinajstić information content (AvgIpc) is 3.16. The fourth-order valence-electron chi connectivity index (χ4n) is 3.27. The molecule has 8 nitrogen and oxygen atoms in total. The van der Waals surface area contributed by atoms with Crippen molar-refractivity contribution in [3.63, 3.8) is 0 Å². The van der Waals surface area contributed by atoms with Crippen LogP contribution >= 0.6 is 0 Å². The van der Waals surface area contributed by atoms with Gasteiger partial charge in [0, 0.05) is 13.1 Å². The molecular formula is C18H20N6O2. The molecule has 1 saturated heterocycles. The molecule has 1 fully saturated rings. The molecule has 4 rings (SSSR count). The lowest BCUT2D eigenvalue weighted by Gasteiger charge is -2.32. The van der Waals surface area contributed by atoms with Gasteiger partial charge in [-0.25, -0.2) is 0 Å². The largest absolute Gasteiger partial charge is 0.495 e. The summed E-state index contributed by atoms with van der Waals surface area (Å²) in [6.07, 6.45) is 3.37. The monoisotopic (exact) mass is 352 g/mol. The van der Waals surface area contributed by atoms with E-state index < -0.39 is 0 Å². The van der Waals surface area contributed by atoms with E-state index in [1.165, 1.54) is 0 Å². The zero-order chi connectivity index (χ0) is 17.9. The Labute approximate surface area is 150 Å². The van der Waals surface area contributed by atoms with Gasteiger partial charge in [0.1, 0.15) is 17.9 Å². The molecule has 0 bridgehead atoms. The van der Waals surface area contributed by atoms with Crippen molar-refractivity contribution in [1.82, 2.24) is 19.8 Å². The Morgan fingerprint density at radius 1 is 1.27 bits per heavy atom. The number of hydrogen-bond acceptors (Lipinski definition) is 6. The summed E-state index contributed by atoms with van der Waals surface area (Å²) in [5, 5.41) is 15.3. The number of anilines is 2. The molecule has 0 spiro atoms. The number of nitrogens with one attached hydrogen (secondary N) is 1. The van der Waals surface area contributed by atoms with Crippen molar-refractivity contribution < 1.29 is 9.53 Å². The van der Waals surface area contributed by atoms with Crippen LogP contribution in [0.5, 0.6) is 5.75 Å². The smallest absolute Gasteiger partial charge is 0.229 e. The molecule has 1 aliphatic rings. The minimum absolute atomic E-state index is 0.00424. The van der Waals surface area contributed by atoms with Crippen LogP contribution in [0.3, 0.4) is 0 Å². The molecule has 8 heteroatoms. The first-order chi connectivity index (χ1) is 12.7. The number of benzene rings is 1. The maximum absolute atomic E-state index is 12.7. The van der Waals surface area contributed by atoms with Crippen LogP contribution in [0.1, 0.15) is 12.8 Å². The van der Waals surface area contributed by atoms with Crippen molar-refractivity contribution in [2.24, 2.45) is 5.92 Å². The summed E-state index contributed by atoms with van der Waals surface area (Å²) < 4.78 is 6.95. The molecule has 0 saturated carbocycles. The summed E-state index contributed by atoms with van der Waals surface area (Å²) in [5.41, 5.74) is 1.40. The fourth-order valence-corrected chi connectivity index (χ4v) is 3.27. The Hall–Kier alpha value is -3.16. The molecule has 26 heavy (non-hydrogen) atoms. The summed E-state index contributed by atoms with van der Waals surface area (Å²) in [7, 11) is 1.60. The van der Waals surface area contributed by atoms with E-state index in [-0.39, 0.29) is 11.8 Å². The number of carbonyl (C=O) groups excluding carboxylic acids is 1. The highest BCUT2D eigenvalue weighted by molar-refractivity contribution is 5.94. The third kappa shape index (κ3) is 3.17. The van der Waals surface area contributed by atoms with Crippen LogP contribution in [0.2, 0.25) is 0 Å². The molecule has 1 aromatic carbocycles. The van der Waals surface area contributed by atoms with Crippen LogP contribution in [-0.4, -0.2) is 45.9 Å². The lowest BCUT2D eigenvalue weighted by Crippen LogP contribution is -2.41. The first-order valence-electron chi connectivity index (χ1n) is 8.60. The third-order valence-corrected chi connectivity index (χ3v) is 4.63. The second kappa shape index (κ2) is 6.99. The number of aromatic nitrogens is 4. The van der Waals surface area contributed by atoms with Gasteiger partial charge in [-0.1, -0.05) is 12.1 Å². The number of nitrogens with zero attached hydrogens (tertiary/aromatic N) is 5. The average molecular weight is 352 g/mol. The van der Waals surface area contributed by atoms with Gasteiger partial charge in [0.05, 0.1) is 18.7 Å². The number of amides is 1. The molecule has 1 N–H and O–H groups in total. The summed E-state index contributed by atoms with van der Waals surface area (Å²) in [4.78, 5) is 14.9. The predicted octanol–water partition coefficient (Wildman–Crippen LogP) is 1.99. The van der Waals surface area contributed by atoms with Crippen LogP contribution in [0, 0.1) is 5.92 Å². The van der Waals surface area contributed by atoms with Gasteiger partial charge in [0.2, 0.25) is 5.91 Å².